The summed E-state index contributed by atoms with van der Waals surface area (Å²) in [6.45, 7) is 11.4. The van der Waals surface area contributed by atoms with Crippen LogP contribution in [0.1, 0.15) is 116 Å². The molecule has 1 fully saturated rings. The first-order chi connectivity index (χ1) is 12.8. The van der Waals surface area contributed by atoms with Gasteiger partial charge in [-0.15, -0.1) is 0 Å². The fraction of sp³-hybridized carbons (Fsp3) is 0.760. The second-order valence-electron chi connectivity index (χ2n) is 10.2. The van der Waals surface area contributed by atoms with E-state index in [9.17, 15) is 5.11 Å². The van der Waals surface area contributed by atoms with E-state index in [2.05, 4.69) is 40.7 Å². The predicted octanol–water partition coefficient (Wildman–Crippen LogP) is 7.48. The third kappa shape index (κ3) is 4.30. The third-order valence-electron chi connectivity index (χ3n) is 7.21. The van der Waals surface area contributed by atoms with Gasteiger partial charge in [0.05, 0.1) is 0 Å². The molecular weight excluding hydrogens is 332 g/mol. The molecule has 0 amide bonds. The van der Waals surface area contributed by atoms with E-state index in [4.69, 9.17) is 4.74 Å². The molecule has 2 aliphatic rings. The summed E-state index contributed by atoms with van der Waals surface area (Å²) >= 11 is 0. The van der Waals surface area contributed by atoms with E-state index in [1.54, 1.807) is 0 Å². The maximum absolute atomic E-state index is 11.0. The van der Waals surface area contributed by atoms with Gasteiger partial charge in [0, 0.05) is 11.5 Å². The number of rotatable bonds is 6. The van der Waals surface area contributed by atoms with Gasteiger partial charge in [-0.25, -0.2) is 0 Å². The van der Waals surface area contributed by atoms with Crippen LogP contribution in [0, 0.1) is 5.92 Å². The molecule has 0 unspecified atom stereocenters. The summed E-state index contributed by atoms with van der Waals surface area (Å²) in [5, 5.41) is 11.0. The van der Waals surface area contributed by atoms with E-state index in [0.29, 0.717) is 17.6 Å². The van der Waals surface area contributed by atoms with Crippen molar-refractivity contribution in [2.45, 2.75) is 116 Å². The third-order valence-corrected chi connectivity index (χ3v) is 7.21. The number of hydrogen-bond donors (Lipinski definition) is 1. The highest BCUT2D eigenvalue weighted by atomic mass is 16.5. The van der Waals surface area contributed by atoms with Crippen LogP contribution in [0.2, 0.25) is 0 Å². The number of hydrogen-bond acceptors (Lipinski definition) is 2. The Labute approximate surface area is 166 Å². The SMILES string of the molecule is CCCCCCC(C)(C)c1cc(O)c2c(c1)OC(C)(C)[C@@H]1CCCCC[C@@H]21. The lowest BCUT2D eigenvalue weighted by Gasteiger charge is -2.45. The lowest BCUT2D eigenvalue weighted by molar-refractivity contribution is 0.00563. The maximum Gasteiger partial charge on any atom is 0.127 e. The quantitative estimate of drug-likeness (QED) is 0.525. The normalized spacial score (nSPS) is 24.5. The lowest BCUT2D eigenvalue weighted by Crippen LogP contribution is -2.44. The van der Waals surface area contributed by atoms with Crippen LogP contribution in [0.4, 0.5) is 0 Å². The molecule has 27 heavy (non-hydrogen) atoms. The molecule has 1 aromatic rings. The number of fused-ring (bicyclic) bond motifs is 3. The van der Waals surface area contributed by atoms with Gasteiger partial charge in [0.1, 0.15) is 17.1 Å². The molecular formula is C25H40O2. The van der Waals surface area contributed by atoms with Crippen molar-refractivity contribution in [2.24, 2.45) is 5.92 Å². The summed E-state index contributed by atoms with van der Waals surface area (Å²) in [4.78, 5) is 0. The van der Waals surface area contributed by atoms with E-state index in [1.165, 1.54) is 63.4 Å². The molecule has 0 bridgehead atoms. The van der Waals surface area contributed by atoms with Crippen LogP contribution in [-0.4, -0.2) is 10.7 Å². The average molecular weight is 373 g/mol. The van der Waals surface area contributed by atoms with Gasteiger partial charge in [0.25, 0.3) is 0 Å². The molecule has 1 aliphatic heterocycles. The van der Waals surface area contributed by atoms with Crippen LogP contribution in [0.25, 0.3) is 0 Å². The summed E-state index contributed by atoms with van der Waals surface area (Å²) in [5.74, 6) is 2.36. The Hall–Kier alpha value is -1.18. The molecule has 1 aromatic carbocycles. The fourth-order valence-electron chi connectivity index (χ4n) is 5.44. The average Bonchev–Trinajstić information content (AvgIpc) is 2.84. The van der Waals surface area contributed by atoms with E-state index in [1.807, 2.05) is 6.07 Å². The number of phenols is 1. The second-order valence-corrected chi connectivity index (χ2v) is 10.2. The van der Waals surface area contributed by atoms with E-state index < -0.39 is 0 Å². The Bertz CT molecular complexity index is 644. The molecule has 2 atom stereocenters. The number of phenolic OH excluding ortho intramolecular Hbond substituents is 1. The lowest BCUT2D eigenvalue weighted by atomic mass is 9.70. The first-order valence-electron chi connectivity index (χ1n) is 11.3. The Morgan fingerprint density at radius 1 is 1.07 bits per heavy atom. The molecule has 1 saturated carbocycles. The molecule has 1 aliphatic carbocycles. The summed E-state index contributed by atoms with van der Waals surface area (Å²) in [7, 11) is 0. The zero-order chi connectivity index (χ0) is 19.7. The molecule has 0 spiro atoms. The van der Waals surface area contributed by atoms with Gasteiger partial charge in [-0.2, -0.15) is 0 Å². The zero-order valence-electron chi connectivity index (χ0n) is 18.2. The highest BCUT2D eigenvalue weighted by Gasteiger charge is 2.45. The zero-order valence-corrected chi connectivity index (χ0v) is 18.2. The molecule has 2 nitrogen and oxygen atoms in total. The van der Waals surface area contributed by atoms with E-state index in [-0.39, 0.29) is 11.0 Å². The van der Waals surface area contributed by atoms with Crippen LogP contribution in [0.15, 0.2) is 12.1 Å². The molecule has 152 valence electrons. The number of benzene rings is 1. The van der Waals surface area contributed by atoms with E-state index >= 15 is 0 Å². The first-order valence-corrected chi connectivity index (χ1v) is 11.3. The van der Waals surface area contributed by atoms with Crippen LogP contribution < -0.4 is 4.74 Å². The molecule has 0 saturated heterocycles. The van der Waals surface area contributed by atoms with Gasteiger partial charge in [-0.3, -0.25) is 0 Å². The number of ether oxygens (including phenoxy) is 1. The fourth-order valence-corrected chi connectivity index (χ4v) is 5.44. The second kappa shape index (κ2) is 8.05. The summed E-state index contributed by atoms with van der Waals surface area (Å²) < 4.78 is 6.54. The Morgan fingerprint density at radius 3 is 2.56 bits per heavy atom. The molecule has 1 N–H and O–H groups in total. The molecule has 1 heterocycles. The minimum Gasteiger partial charge on any atom is -0.508 e. The van der Waals surface area contributed by atoms with Gasteiger partial charge in [-0.1, -0.05) is 65.7 Å². The summed E-state index contributed by atoms with van der Waals surface area (Å²) in [6.07, 6.45) is 12.5. The molecule has 0 aromatic heterocycles. The Morgan fingerprint density at radius 2 is 1.81 bits per heavy atom. The Balaban J connectivity index is 1.91. The van der Waals surface area contributed by atoms with Crippen molar-refractivity contribution in [3.05, 3.63) is 23.3 Å². The maximum atomic E-state index is 11.0. The minimum atomic E-state index is -0.154. The van der Waals surface area contributed by atoms with Crippen LogP contribution in [0.5, 0.6) is 11.5 Å². The van der Waals surface area contributed by atoms with Gasteiger partial charge >= 0.3 is 0 Å². The smallest absolute Gasteiger partial charge is 0.127 e. The highest BCUT2D eigenvalue weighted by molar-refractivity contribution is 5.53. The van der Waals surface area contributed by atoms with Gasteiger partial charge in [0.15, 0.2) is 0 Å². The van der Waals surface area contributed by atoms with Crippen molar-refractivity contribution in [1.82, 2.24) is 0 Å². The molecule has 2 heteroatoms. The first kappa shape index (κ1) is 20.6. The van der Waals surface area contributed by atoms with Crippen molar-refractivity contribution >= 4 is 0 Å². The van der Waals surface area contributed by atoms with Crippen molar-refractivity contribution in [3.63, 3.8) is 0 Å². The molecule has 3 rings (SSSR count). The standard InChI is InChI=1S/C25H40O2/c1-6-7-8-12-15-24(2,3)18-16-21(26)23-19-13-10-9-11-14-20(19)25(4,5)27-22(23)17-18/h16-17,19-20,26H,6-15H2,1-5H3/t19-,20-/m1/s1. The van der Waals surface area contributed by atoms with Crippen molar-refractivity contribution in [1.29, 1.82) is 0 Å². The van der Waals surface area contributed by atoms with Gasteiger partial charge in [-0.05, 0) is 62.1 Å². The predicted molar refractivity (Wildman–Crippen MR) is 114 cm³/mol. The van der Waals surface area contributed by atoms with Crippen LogP contribution in [-0.2, 0) is 5.41 Å². The van der Waals surface area contributed by atoms with Crippen molar-refractivity contribution in [2.75, 3.05) is 0 Å². The largest absolute Gasteiger partial charge is 0.508 e. The van der Waals surface area contributed by atoms with Crippen LogP contribution >= 0.6 is 0 Å². The van der Waals surface area contributed by atoms with Crippen LogP contribution in [0.3, 0.4) is 0 Å². The monoisotopic (exact) mass is 372 g/mol. The van der Waals surface area contributed by atoms with Crippen molar-refractivity contribution < 1.29 is 9.84 Å². The summed E-state index contributed by atoms with van der Waals surface area (Å²) in [6, 6.07) is 4.29. The van der Waals surface area contributed by atoms with Gasteiger partial charge < -0.3 is 9.84 Å². The number of unbranched alkanes of at least 4 members (excludes halogenated alkanes) is 3. The summed E-state index contributed by atoms with van der Waals surface area (Å²) in [5.41, 5.74) is 2.22. The van der Waals surface area contributed by atoms with Crippen molar-refractivity contribution in [3.8, 4) is 11.5 Å². The Kier molecular flexibility index (Phi) is 6.13. The molecule has 0 radical (unpaired) electrons. The minimum absolute atomic E-state index is 0.0635. The number of aromatic hydroxyl groups is 1. The topological polar surface area (TPSA) is 29.5 Å². The van der Waals surface area contributed by atoms with E-state index in [0.717, 1.165) is 17.7 Å². The van der Waals surface area contributed by atoms with Gasteiger partial charge in [0.2, 0.25) is 0 Å². The highest BCUT2D eigenvalue weighted by Crippen LogP contribution is 2.54.